The Kier molecular flexibility index (Phi) is 4.09. The largest absolute Gasteiger partial charge is 0.453 e. The van der Waals surface area contributed by atoms with Gasteiger partial charge in [0, 0.05) is 29.9 Å². The number of carbonyl (C=O) groups is 2. The summed E-state index contributed by atoms with van der Waals surface area (Å²) in [5, 5.41) is 0. The van der Waals surface area contributed by atoms with E-state index in [1.807, 2.05) is 18.2 Å². The van der Waals surface area contributed by atoms with Crippen molar-refractivity contribution in [1.29, 1.82) is 0 Å². The van der Waals surface area contributed by atoms with Crippen LogP contribution in [0.25, 0.3) is 11.3 Å². The second-order valence-corrected chi connectivity index (χ2v) is 5.66. The zero-order valence-corrected chi connectivity index (χ0v) is 12.7. The Morgan fingerprint density at radius 2 is 1.91 bits per heavy atom. The summed E-state index contributed by atoms with van der Waals surface area (Å²) in [4.78, 5) is 24.9. The molecule has 0 bridgehead atoms. The van der Waals surface area contributed by atoms with Gasteiger partial charge in [-0.15, -0.1) is 0 Å². The van der Waals surface area contributed by atoms with Crippen molar-refractivity contribution in [3.63, 3.8) is 0 Å². The lowest BCUT2D eigenvalue weighted by atomic mass is 10.0. The number of ketones is 1. The molecule has 0 N–H and O–H groups in total. The number of piperidine rings is 1. The maximum absolute atomic E-state index is 11.7. The lowest BCUT2D eigenvalue weighted by Crippen LogP contribution is -2.29. The fraction of sp³-hybridized carbons (Fsp3) is 0.333. The molecule has 1 aromatic carbocycles. The second-order valence-electron chi connectivity index (χ2n) is 5.66. The number of Topliss-reactive ketones (excluding diaryl/α,β-unsaturated/α-hetero) is 1. The maximum atomic E-state index is 11.7. The molecule has 0 spiro atoms. The molecule has 2 aromatic rings. The fourth-order valence-electron chi connectivity index (χ4n) is 2.92. The smallest absolute Gasteiger partial charge is 0.185 e. The fourth-order valence-corrected chi connectivity index (χ4v) is 2.92. The van der Waals surface area contributed by atoms with E-state index in [2.05, 4.69) is 4.90 Å². The van der Waals surface area contributed by atoms with Gasteiger partial charge in [0.2, 0.25) is 0 Å². The lowest BCUT2D eigenvalue weighted by Gasteiger charge is -2.30. The van der Waals surface area contributed by atoms with Gasteiger partial charge in [-0.2, -0.15) is 0 Å². The average molecular weight is 297 g/mol. The highest BCUT2D eigenvalue weighted by Gasteiger charge is 2.18. The molecule has 0 saturated carbocycles. The van der Waals surface area contributed by atoms with E-state index >= 15 is 0 Å². The third kappa shape index (κ3) is 2.82. The van der Waals surface area contributed by atoms with E-state index in [4.69, 9.17) is 4.42 Å². The Labute approximate surface area is 129 Å². The molecular formula is C18H19NO3. The van der Waals surface area contributed by atoms with Crippen molar-refractivity contribution >= 4 is 17.8 Å². The van der Waals surface area contributed by atoms with E-state index in [1.165, 1.54) is 19.3 Å². The maximum Gasteiger partial charge on any atom is 0.185 e. The summed E-state index contributed by atoms with van der Waals surface area (Å²) in [5.41, 5.74) is 2.60. The van der Waals surface area contributed by atoms with E-state index in [0.717, 1.165) is 24.3 Å². The van der Waals surface area contributed by atoms with Crippen molar-refractivity contribution in [2.45, 2.75) is 26.2 Å². The summed E-state index contributed by atoms with van der Waals surface area (Å²) in [6, 6.07) is 9.15. The molecule has 0 amide bonds. The highest BCUT2D eigenvalue weighted by Crippen LogP contribution is 2.34. The minimum atomic E-state index is 0.0219. The van der Waals surface area contributed by atoms with Crippen LogP contribution in [-0.4, -0.2) is 25.2 Å². The third-order valence-corrected chi connectivity index (χ3v) is 4.11. The van der Waals surface area contributed by atoms with Crippen molar-refractivity contribution in [1.82, 2.24) is 0 Å². The van der Waals surface area contributed by atoms with Crippen LogP contribution in [0.5, 0.6) is 0 Å². The summed E-state index contributed by atoms with van der Waals surface area (Å²) in [7, 11) is 0. The van der Waals surface area contributed by atoms with Crippen molar-refractivity contribution in [2.75, 3.05) is 18.0 Å². The van der Waals surface area contributed by atoms with E-state index in [9.17, 15) is 9.59 Å². The standard InChI is InChI=1S/C18H19NO3/c1-13(21)14-5-7-17(19-9-3-2-4-10-19)16(11-14)18-8-6-15(12-20)22-18/h5-8,11-12H,2-4,9-10H2,1H3. The van der Waals surface area contributed by atoms with Crippen LogP contribution < -0.4 is 4.90 Å². The minimum absolute atomic E-state index is 0.0219. The highest BCUT2D eigenvalue weighted by molar-refractivity contribution is 5.96. The molecule has 4 heteroatoms. The number of anilines is 1. The molecule has 0 atom stereocenters. The first kappa shape index (κ1) is 14.6. The van der Waals surface area contributed by atoms with Crippen LogP contribution in [0.3, 0.4) is 0 Å². The van der Waals surface area contributed by atoms with Crippen LogP contribution >= 0.6 is 0 Å². The SMILES string of the molecule is CC(=O)c1ccc(N2CCCCC2)c(-c2ccc(C=O)o2)c1. The summed E-state index contributed by atoms with van der Waals surface area (Å²) < 4.78 is 5.58. The molecule has 0 aliphatic carbocycles. The van der Waals surface area contributed by atoms with Crippen LogP contribution in [0, 0.1) is 0 Å². The molecule has 114 valence electrons. The zero-order chi connectivity index (χ0) is 15.5. The molecule has 1 fully saturated rings. The van der Waals surface area contributed by atoms with Crippen LogP contribution in [0.2, 0.25) is 0 Å². The first-order chi connectivity index (χ1) is 10.7. The third-order valence-electron chi connectivity index (χ3n) is 4.11. The van der Waals surface area contributed by atoms with Gasteiger partial charge in [0.1, 0.15) is 5.76 Å². The average Bonchev–Trinajstić information content (AvgIpc) is 3.04. The Bertz CT molecular complexity index is 696. The van der Waals surface area contributed by atoms with Crippen molar-refractivity contribution in [3.05, 3.63) is 41.7 Å². The Hall–Kier alpha value is -2.36. The Morgan fingerprint density at radius 1 is 1.14 bits per heavy atom. The van der Waals surface area contributed by atoms with Crippen LogP contribution in [0.15, 0.2) is 34.7 Å². The molecule has 4 nitrogen and oxygen atoms in total. The summed E-state index contributed by atoms with van der Waals surface area (Å²) in [6.45, 7) is 3.57. The molecule has 3 rings (SSSR count). The number of hydrogen-bond acceptors (Lipinski definition) is 4. The van der Waals surface area contributed by atoms with Gasteiger partial charge in [-0.3, -0.25) is 9.59 Å². The number of benzene rings is 1. The number of carbonyl (C=O) groups excluding carboxylic acids is 2. The number of aldehydes is 1. The molecule has 1 saturated heterocycles. The topological polar surface area (TPSA) is 50.5 Å². The van der Waals surface area contributed by atoms with E-state index in [-0.39, 0.29) is 5.78 Å². The minimum Gasteiger partial charge on any atom is -0.453 e. The van der Waals surface area contributed by atoms with Crippen molar-refractivity contribution < 1.29 is 14.0 Å². The zero-order valence-electron chi connectivity index (χ0n) is 12.7. The van der Waals surface area contributed by atoms with Gasteiger partial charge in [-0.1, -0.05) is 0 Å². The van der Waals surface area contributed by atoms with E-state index in [0.29, 0.717) is 23.4 Å². The van der Waals surface area contributed by atoms with Gasteiger partial charge >= 0.3 is 0 Å². The predicted molar refractivity (Wildman–Crippen MR) is 85.6 cm³/mol. The highest BCUT2D eigenvalue weighted by atomic mass is 16.3. The predicted octanol–water partition coefficient (Wildman–Crippen LogP) is 3.95. The van der Waals surface area contributed by atoms with Gasteiger partial charge in [-0.05, 0) is 56.5 Å². The van der Waals surface area contributed by atoms with Crippen molar-refractivity contribution in [2.24, 2.45) is 0 Å². The number of nitrogens with zero attached hydrogens (tertiary/aromatic N) is 1. The summed E-state index contributed by atoms with van der Waals surface area (Å²) >= 11 is 0. The Balaban J connectivity index is 2.07. The molecule has 1 aliphatic rings. The van der Waals surface area contributed by atoms with E-state index < -0.39 is 0 Å². The number of hydrogen-bond donors (Lipinski definition) is 0. The monoisotopic (exact) mass is 297 g/mol. The van der Waals surface area contributed by atoms with E-state index in [1.54, 1.807) is 19.1 Å². The van der Waals surface area contributed by atoms with Gasteiger partial charge < -0.3 is 9.32 Å². The lowest BCUT2D eigenvalue weighted by molar-refractivity contribution is 0.101. The van der Waals surface area contributed by atoms with Crippen molar-refractivity contribution in [3.8, 4) is 11.3 Å². The van der Waals surface area contributed by atoms with Crippen LogP contribution in [-0.2, 0) is 0 Å². The van der Waals surface area contributed by atoms with Gasteiger partial charge in [0.25, 0.3) is 0 Å². The number of rotatable bonds is 4. The summed E-state index contributed by atoms with van der Waals surface area (Å²) in [5.74, 6) is 0.951. The molecule has 1 aromatic heterocycles. The normalized spacial score (nSPS) is 14.9. The quantitative estimate of drug-likeness (QED) is 0.633. The van der Waals surface area contributed by atoms with Crippen LogP contribution in [0.1, 0.15) is 47.1 Å². The molecule has 2 heterocycles. The van der Waals surface area contributed by atoms with Gasteiger partial charge in [0.15, 0.2) is 17.8 Å². The van der Waals surface area contributed by atoms with Gasteiger partial charge in [0.05, 0.1) is 0 Å². The molecule has 0 radical (unpaired) electrons. The second kappa shape index (κ2) is 6.18. The first-order valence-corrected chi connectivity index (χ1v) is 7.64. The van der Waals surface area contributed by atoms with Gasteiger partial charge in [-0.25, -0.2) is 0 Å². The summed E-state index contributed by atoms with van der Waals surface area (Å²) in [6.07, 6.45) is 4.30. The molecular weight excluding hydrogens is 278 g/mol. The molecule has 1 aliphatic heterocycles. The molecule has 22 heavy (non-hydrogen) atoms. The first-order valence-electron chi connectivity index (χ1n) is 7.64. The van der Waals surface area contributed by atoms with Crippen LogP contribution in [0.4, 0.5) is 5.69 Å². The Morgan fingerprint density at radius 3 is 2.55 bits per heavy atom. The molecule has 0 unspecified atom stereocenters. The number of furan rings is 1.